The molecule has 0 aliphatic carbocycles. The summed E-state index contributed by atoms with van der Waals surface area (Å²) in [6, 6.07) is 8.53. The van der Waals surface area contributed by atoms with Crippen LogP contribution in [0.15, 0.2) is 29.3 Å². The number of halogens is 1. The second kappa shape index (κ2) is 9.18. The number of nitrogens with zero attached hydrogens (tertiary/aromatic N) is 2. The van der Waals surface area contributed by atoms with Gasteiger partial charge in [-0.1, -0.05) is 18.2 Å². The fourth-order valence-corrected chi connectivity index (χ4v) is 2.37. The number of rotatable bonds is 5. The first-order valence-corrected chi connectivity index (χ1v) is 7.00. The lowest BCUT2D eigenvalue weighted by atomic mass is 10.2. The number of guanidine groups is 1. The molecule has 112 valence electrons. The lowest BCUT2D eigenvalue weighted by Gasteiger charge is -2.22. The fraction of sp³-hybridized carbons (Fsp3) is 0.533. The normalized spacial score (nSPS) is 13.9. The highest BCUT2D eigenvalue weighted by Gasteiger charge is 2.21. The van der Waals surface area contributed by atoms with Crippen LogP contribution in [0, 0.1) is 0 Å². The van der Waals surface area contributed by atoms with E-state index in [4.69, 9.17) is 4.74 Å². The summed E-state index contributed by atoms with van der Waals surface area (Å²) in [7, 11) is 1.84. The number of para-hydroxylation sites is 1. The van der Waals surface area contributed by atoms with Crippen molar-refractivity contribution in [3.63, 3.8) is 0 Å². The van der Waals surface area contributed by atoms with Crippen molar-refractivity contribution in [3.05, 3.63) is 29.8 Å². The van der Waals surface area contributed by atoms with E-state index in [1.54, 1.807) is 0 Å². The highest BCUT2D eigenvalue weighted by molar-refractivity contribution is 14.0. The van der Waals surface area contributed by atoms with E-state index >= 15 is 0 Å². The molecule has 0 saturated heterocycles. The molecule has 0 unspecified atom stereocenters. The fourth-order valence-electron chi connectivity index (χ4n) is 2.37. The minimum atomic E-state index is 0. The molecule has 0 radical (unpaired) electrons. The summed E-state index contributed by atoms with van der Waals surface area (Å²) in [4.78, 5) is 6.64. The third kappa shape index (κ3) is 4.34. The van der Waals surface area contributed by atoms with Crippen LogP contribution in [0.1, 0.15) is 18.9 Å². The van der Waals surface area contributed by atoms with Crippen molar-refractivity contribution >= 4 is 35.6 Å². The molecule has 5 heteroatoms. The molecule has 20 heavy (non-hydrogen) atoms. The lowest BCUT2D eigenvalue weighted by Crippen LogP contribution is -2.41. The second-order valence-corrected chi connectivity index (χ2v) is 4.55. The summed E-state index contributed by atoms with van der Waals surface area (Å²) in [6.07, 6.45) is 2.10. The maximum absolute atomic E-state index is 5.34. The molecule has 1 aliphatic rings. The molecule has 1 N–H and O–H groups in total. The lowest BCUT2D eigenvalue weighted by molar-refractivity contribution is 0.145. The quantitative estimate of drug-likeness (QED) is 0.364. The summed E-state index contributed by atoms with van der Waals surface area (Å²) in [6.45, 7) is 5.51. The molecule has 4 nitrogen and oxygen atoms in total. The van der Waals surface area contributed by atoms with Crippen LogP contribution in [0.25, 0.3) is 0 Å². The molecular weight excluding hydrogens is 365 g/mol. The van der Waals surface area contributed by atoms with Gasteiger partial charge in [-0.15, -0.1) is 24.0 Å². The average Bonchev–Trinajstić information content (AvgIpc) is 2.87. The Morgan fingerprint density at radius 3 is 2.95 bits per heavy atom. The zero-order valence-electron chi connectivity index (χ0n) is 12.3. The topological polar surface area (TPSA) is 36.9 Å². The van der Waals surface area contributed by atoms with Crippen LogP contribution < -0.4 is 10.2 Å². The van der Waals surface area contributed by atoms with E-state index in [-0.39, 0.29) is 24.0 Å². The molecule has 0 spiro atoms. The molecule has 2 rings (SSSR count). The average molecular weight is 389 g/mol. The molecule has 0 atom stereocenters. The summed E-state index contributed by atoms with van der Waals surface area (Å²) >= 11 is 0. The number of hydrogen-bond acceptors (Lipinski definition) is 2. The van der Waals surface area contributed by atoms with Crippen molar-refractivity contribution in [3.8, 4) is 0 Å². The van der Waals surface area contributed by atoms with Gasteiger partial charge in [0.25, 0.3) is 0 Å². The van der Waals surface area contributed by atoms with E-state index in [0.717, 1.165) is 45.1 Å². The van der Waals surface area contributed by atoms with Gasteiger partial charge in [-0.05, 0) is 31.4 Å². The van der Waals surface area contributed by atoms with Crippen LogP contribution >= 0.6 is 24.0 Å². The summed E-state index contributed by atoms with van der Waals surface area (Å²) in [5.41, 5.74) is 2.68. The van der Waals surface area contributed by atoms with Crippen molar-refractivity contribution in [2.24, 2.45) is 4.99 Å². The summed E-state index contributed by atoms with van der Waals surface area (Å²) < 4.78 is 5.34. The number of benzene rings is 1. The molecule has 0 aromatic heterocycles. The number of anilines is 1. The van der Waals surface area contributed by atoms with E-state index in [1.165, 1.54) is 11.3 Å². The van der Waals surface area contributed by atoms with Crippen molar-refractivity contribution in [2.75, 3.05) is 38.3 Å². The number of ether oxygens (including phenoxy) is 1. The molecule has 1 aliphatic heterocycles. The first kappa shape index (κ1) is 17.2. The highest BCUT2D eigenvalue weighted by Crippen LogP contribution is 2.27. The number of nitrogens with one attached hydrogen (secondary N) is 1. The molecule has 1 aromatic carbocycles. The maximum atomic E-state index is 5.34. The molecule has 0 saturated carbocycles. The molecule has 0 fully saturated rings. The Morgan fingerprint density at radius 1 is 1.40 bits per heavy atom. The first-order valence-electron chi connectivity index (χ1n) is 7.00. The van der Waals surface area contributed by atoms with Gasteiger partial charge in [0.1, 0.15) is 0 Å². The smallest absolute Gasteiger partial charge is 0.198 e. The van der Waals surface area contributed by atoms with Gasteiger partial charge in [0.15, 0.2) is 5.96 Å². The minimum Gasteiger partial charge on any atom is -0.382 e. The SMILES string of the molecule is CCOCCCNC(=NC)N1CCc2ccccc21.I. The predicted molar refractivity (Wildman–Crippen MR) is 95.4 cm³/mol. The zero-order chi connectivity index (χ0) is 13.5. The van der Waals surface area contributed by atoms with Crippen LogP contribution in [0.5, 0.6) is 0 Å². The number of aliphatic imine (C=N–C) groups is 1. The van der Waals surface area contributed by atoms with Crippen molar-refractivity contribution < 1.29 is 4.74 Å². The van der Waals surface area contributed by atoms with Gasteiger partial charge in [0.2, 0.25) is 0 Å². The van der Waals surface area contributed by atoms with Crippen LogP contribution in [-0.2, 0) is 11.2 Å². The predicted octanol–water partition coefficient (Wildman–Crippen LogP) is 2.67. The first-order chi connectivity index (χ1) is 9.36. The third-order valence-electron chi connectivity index (χ3n) is 3.31. The van der Waals surface area contributed by atoms with Gasteiger partial charge in [-0.3, -0.25) is 4.99 Å². The molecule has 0 bridgehead atoms. The van der Waals surface area contributed by atoms with E-state index in [0.29, 0.717) is 0 Å². The van der Waals surface area contributed by atoms with Gasteiger partial charge in [-0.25, -0.2) is 0 Å². The monoisotopic (exact) mass is 389 g/mol. The zero-order valence-corrected chi connectivity index (χ0v) is 14.6. The van der Waals surface area contributed by atoms with Gasteiger partial charge < -0.3 is 15.0 Å². The largest absolute Gasteiger partial charge is 0.382 e. The molecule has 0 amide bonds. The van der Waals surface area contributed by atoms with Crippen molar-refractivity contribution in [1.82, 2.24) is 5.32 Å². The van der Waals surface area contributed by atoms with Gasteiger partial charge in [0.05, 0.1) is 0 Å². The Morgan fingerprint density at radius 2 is 2.20 bits per heavy atom. The Labute approximate surface area is 138 Å². The van der Waals surface area contributed by atoms with E-state index in [2.05, 4.69) is 39.5 Å². The van der Waals surface area contributed by atoms with Gasteiger partial charge >= 0.3 is 0 Å². The van der Waals surface area contributed by atoms with E-state index in [9.17, 15) is 0 Å². The van der Waals surface area contributed by atoms with Gasteiger partial charge in [0, 0.05) is 39.0 Å². The van der Waals surface area contributed by atoms with Crippen LogP contribution in [0.3, 0.4) is 0 Å². The van der Waals surface area contributed by atoms with Crippen molar-refractivity contribution in [1.29, 1.82) is 0 Å². The standard InChI is InChI=1S/C15H23N3O.HI/c1-3-19-12-6-10-17-15(16-2)18-11-9-13-7-4-5-8-14(13)18;/h4-5,7-8H,3,6,9-12H2,1-2H3,(H,16,17);1H. The molecule has 1 aromatic rings. The summed E-state index contributed by atoms with van der Waals surface area (Å²) in [5, 5.41) is 3.41. The van der Waals surface area contributed by atoms with E-state index < -0.39 is 0 Å². The van der Waals surface area contributed by atoms with Crippen molar-refractivity contribution in [2.45, 2.75) is 19.8 Å². The Hall–Kier alpha value is -0.820. The van der Waals surface area contributed by atoms with Crippen LogP contribution in [0.4, 0.5) is 5.69 Å². The Kier molecular flexibility index (Phi) is 7.91. The van der Waals surface area contributed by atoms with Crippen LogP contribution in [0.2, 0.25) is 0 Å². The number of fused-ring (bicyclic) bond motifs is 1. The van der Waals surface area contributed by atoms with Gasteiger partial charge in [-0.2, -0.15) is 0 Å². The maximum Gasteiger partial charge on any atom is 0.198 e. The summed E-state index contributed by atoms with van der Waals surface area (Å²) in [5.74, 6) is 0.960. The number of hydrogen-bond donors (Lipinski definition) is 1. The molecular formula is C15H24IN3O. The van der Waals surface area contributed by atoms with Crippen LogP contribution in [-0.4, -0.2) is 39.3 Å². The molecule has 1 heterocycles. The van der Waals surface area contributed by atoms with E-state index in [1.807, 2.05) is 14.0 Å². The highest BCUT2D eigenvalue weighted by atomic mass is 127. The Balaban J connectivity index is 0.00000200. The second-order valence-electron chi connectivity index (χ2n) is 4.55. The minimum absolute atomic E-state index is 0. The Bertz CT molecular complexity index is 437. The third-order valence-corrected chi connectivity index (χ3v) is 3.31.